The first-order valence-electron chi connectivity index (χ1n) is 9.63. The van der Waals surface area contributed by atoms with Crippen molar-refractivity contribution in [3.8, 4) is 28.3 Å². The van der Waals surface area contributed by atoms with E-state index in [9.17, 15) is 4.79 Å². The fourth-order valence-corrected chi connectivity index (χ4v) is 4.34. The van der Waals surface area contributed by atoms with E-state index < -0.39 is 0 Å². The Balaban J connectivity index is 1.51. The van der Waals surface area contributed by atoms with Crippen molar-refractivity contribution in [1.29, 1.82) is 0 Å². The summed E-state index contributed by atoms with van der Waals surface area (Å²) in [6.45, 7) is 2.17. The van der Waals surface area contributed by atoms with Gasteiger partial charge in [0, 0.05) is 10.9 Å². The van der Waals surface area contributed by atoms with Crippen molar-refractivity contribution in [3.63, 3.8) is 0 Å². The highest BCUT2D eigenvalue weighted by Crippen LogP contribution is 2.31. The molecule has 0 atom stereocenters. The molecule has 0 spiro atoms. The quantitative estimate of drug-likeness (QED) is 0.407. The Morgan fingerprint density at radius 1 is 1.10 bits per heavy atom. The van der Waals surface area contributed by atoms with Crippen molar-refractivity contribution in [2.75, 3.05) is 7.11 Å². The zero-order valence-corrected chi connectivity index (χ0v) is 17.7. The molecule has 5 aromatic rings. The molecule has 0 fully saturated rings. The second-order valence-corrected chi connectivity index (χ2v) is 7.94. The maximum absolute atomic E-state index is 13.3. The fourth-order valence-electron chi connectivity index (χ4n) is 3.43. The van der Waals surface area contributed by atoms with E-state index >= 15 is 0 Å². The molecule has 0 amide bonds. The third-order valence-electron chi connectivity index (χ3n) is 5.04. The van der Waals surface area contributed by atoms with Crippen LogP contribution in [-0.4, -0.2) is 26.8 Å². The summed E-state index contributed by atoms with van der Waals surface area (Å²) in [4.78, 5) is 22.9. The minimum Gasteiger partial charge on any atom is -0.496 e. The van der Waals surface area contributed by atoms with E-state index in [2.05, 4.69) is 15.1 Å². The van der Waals surface area contributed by atoms with Crippen LogP contribution >= 0.6 is 11.3 Å². The molecule has 0 aliphatic rings. The molecule has 0 bridgehead atoms. The van der Waals surface area contributed by atoms with Crippen molar-refractivity contribution in [1.82, 2.24) is 19.7 Å². The number of ether oxygens (including phenoxy) is 1. The lowest BCUT2D eigenvalue weighted by Crippen LogP contribution is -2.21. The van der Waals surface area contributed by atoms with E-state index in [1.54, 1.807) is 7.11 Å². The molecular formula is C23H18N4O3S. The normalized spacial score (nSPS) is 11.2. The van der Waals surface area contributed by atoms with Gasteiger partial charge in [-0.15, -0.1) is 11.3 Å². The monoisotopic (exact) mass is 430 g/mol. The lowest BCUT2D eigenvalue weighted by molar-refractivity contribution is 0.369. The average molecular weight is 430 g/mol. The van der Waals surface area contributed by atoms with Crippen LogP contribution in [0, 0.1) is 6.92 Å². The summed E-state index contributed by atoms with van der Waals surface area (Å²) in [5.41, 5.74) is 3.62. The maximum atomic E-state index is 13.3. The zero-order valence-electron chi connectivity index (χ0n) is 16.9. The van der Waals surface area contributed by atoms with Gasteiger partial charge in [0.2, 0.25) is 11.7 Å². The number of thiophene rings is 1. The van der Waals surface area contributed by atoms with Gasteiger partial charge in [-0.05, 0) is 24.6 Å². The van der Waals surface area contributed by atoms with Gasteiger partial charge < -0.3 is 9.26 Å². The molecular weight excluding hydrogens is 412 g/mol. The van der Waals surface area contributed by atoms with E-state index in [-0.39, 0.29) is 12.1 Å². The summed E-state index contributed by atoms with van der Waals surface area (Å²) in [6, 6.07) is 15.5. The highest BCUT2D eigenvalue weighted by molar-refractivity contribution is 7.17. The van der Waals surface area contributed by atoms with Gasteiger partial charge in [-0.1, -0.05) is 47.1 Å². The van der Waals surface area contributed by atoms with Crippen LogP contribution in [-0.2, 0) is 6.54 Å². The molecule has 0 radical (unpaired) electrons. The molecule has 0 saturated heterocycles. The number of methoxy groups -OCH3 is 1. The zero-order chi connectivity index (χ0) is 21.4. The number of aryl methyl sites for hydroxylation is 1. The maximum Gasteiger partial charge on any atom is 0.263 e. The Hall–Kier alpha value is -3.78. The predicted molar refractivity (Wildman–Crippen MR) is 119 cm³/mol. The van der Waals surface area contributed by atoms with Crippen LogP contribution in [0.5, 0.6) is 5.75 Å². The number of para-hydroxylation sites is 1. The van der Waals surface area contributed by atoms with Crippen LogP contribution in [0.1, 0.15) is 11.5 Å². The Morgan fingerprint density at radius 2 is 1.90 bits per heavy atom. The molecule has 0 saturated carbocycles. The van der Waals surface area contributed by atoms with Gasteiger partial charge in [0.1, 0.15) is 17.1 Å². The van der Waals surface area contributed by atoms with Crippen molar-refractivity contribution >= 4 is 21.6 Å². The second kappa shape index (κ2) is 7.81. The molecule has 5 rings (SSSR count). The number of rotatable bonds is 5. The second-order valence-electron chi connectivity index (χ2n) is 7.09. The summed E-state index contributed by atoms with van der Waals surface area (Å²) in [5.74, 6) is 1.37. The topological polar surface area (TPSA) is 83.0 Å². The molecule has 3 heterocycles. The largest absolute Gasteiger partial charge is 0.496 e. The van der Waals surface area contributed by atoms with Crippen LogP contribution in [0.4, 0.5) is 0 Å². The molecule has 2 aromatic carbocycles. The first-order chi connectivity index (χ1) is 15.1. The van der Waals surface area contributed by atoms with Gasteiger partial charge in [-0.25, -0.2) is 4.98 Å². The van der Waals surface area contributed by atoms with Gasteiger partial charge in [0.15, 0.2) is 0 Å². The van der Waals surface area contributed by atoms with Crippen LogP contribution in [0.25, 0.3) is 32.7 Å². The molecule has 7 nitrogen and oxygen atoms in total. The summed E-state index contributed by atoms with van der Waals surface area (Å²) in [5, 5.41) is 6.62. The van der Waals surface area contributed by atoms with E-state index in [0.717, 1.165) is 16.7 Å². The molecule has 0 N–H and O–H groups in total. The Labute approximate surface area is 181 Å². The van der Waals surface area contributed by atoms with Crippen LogP contribution < -0.4 is 10.3 Å². The minimum atomic E-state index is -0.140. The van der Waals surface area contributed by atoms with E-state index in [4.69, 9.17) is 9.26 Å². The number of fused-ring (bicyclic) bond motifs is 1. The van der Waals surface area contributed by atoms with Gasteiger partial charge in [0.05, 0.1) is 24.4 Å². The third kappa shape index (κ3) is 3.51. The molecule has 0 unspecified atom stereocenters. The summed E-state index contributed by atoms with van der Waals surface area (Å²) >= 11 is 1.46. The van der Waals surface area contributed by atoms with E-state index in [1.165, 1.54) is 27.8 Å². The van der Waals surface area contributed by atoms with Gasteiger partial charge in [-0.2, -0.15) is 4.98 Å². The van der Waals surface area contributed by atoms with Crippen molar-refractivity contribution in [2.24, 2.45) is 0 Å². The van der Waals surface area contributed by atoms with Crippen LogP contribution in [0.2, 0.25) is 0 Å². The highest BCUT2D eigenvalue weighted by Gasteiger charge is 2.16. The summed E-state index contributed by atoms with van der Waals surface area (Å²) in [7, 11) is 1.59. The number of benzene rings is 2. The molecule has 8 heteroatoms. The lowest BCUT2D eigenvalue weighted by atomic mass is 10.1. The summed E-state index contributed by atoms with van der Waals surface area (Å²) < 4.78 is 12.3. The Morgan fingerprint density at radius 3 is 2.71 bits per heavy atom. The highest BCUT2D eigenvalue weighted by atomic mass is 32.1. The molecule has 0 aliphatic carbocycles. The first-order valence-corrected chi connectivity index (χ1v) is 10.5. The SMILES string of the molecule is COc1ccccc1-c1noc(Cn2cnc3scc(-c4ccc(C)cc4)c3c2=O)n1. The van der Waals surface area contributed by atoms with Crippen LogP contribution in [0.15, 0.2) is 69.6 Å². The lowest BCUT2D eigenvalue weighted by Gasteiger charge is -2.04. The number of hydrogen-bond acceptors (Lipinski definition) is 7. The number of nitrogens with zero attached hydrogens (tertiary/aromatic N) is 4. The van der Waals surface area contributed by atoms with Crippen molar-refractivity contribution < 1.29 is 9.26 Å². The molecule has 31 heavy (non-hydrogen) atoms. The molecule has 0 aliphatic heterocycles. The van der Waals surface area contributed by atoms with Crippen molar-refractivity contribution in [3.05, 3.63) is 82.0 Å². The van der Waals surface area contributed by atoms with E-state index in [0.29, 0.717) is 27.7 Å². The van der Waals surface area contributed by atoms with Gasteiger partial charge >= 0.3 is 0 Å². The third-order valence-corrected chi connectivity index (χ3v) is 5.93. The van der Waals surface area contributed by atoms with Crippen molar-refractivity contribution in [2.45, 2.75) is 13.5 Å². The first kappa shape index (κ1) is 19.2. The fraction of sp³-hybridized carbons (Fsp3) is 0.130. The van der Waals surface area contributed by atoms with Crippen LogP contribution in [0.3, 0.4) is 0 Å². The molecule has 154 valence electrons. The standard InChI is InChI=1S/C23H18N4O3S/c1-14-7-9-15(10-8-14)17-12-31-22-20(17)23(28)27(13-24-22)11-19-25-21(26-30-19)16-5-3-4-6-18(16)29-2/h3-10,12-13H,11H2,1-2H3. The average Bonchev–Trinajstić information content (AvgIpc) is 3.44. The number of hydrogen-bond donors (Lipinski definition) is 0. The smallest absolute Gasteiger partial charge is 0.263 e. The van der Waals surface area contributed by atoms with Gasteiger partial charge in [-0.3, -0.25) is 9.36 Å². The van der Waals surface area contributed by atoms with Gasteiger partial charge in [0.25, 0.3) is 5.56 Å². The Bertz CT molecular complexity index is 1430. The number of aromatic nitrogens is 4. The predicted octanol–water partition coefficient (Wildman–Crippen LogP) is 4.54. The Kier molecular flexibility index (Phi) is 4.83. The minimum absolute atomic E-state index is 0.132. The van der Waals surface area contributed by atoms with E-state index in [1.807, 2.05) is 60.8 Å². The summed E-state index contributed by atoms with van der Waals surface area (Å²) in [6.07, 6.45) is 1.52. The molecule has 3 aromatic heterocycles.